The third kappa shape index (κ3) is 8.22. The molecule has 182 valence electrons. The third-order valence-electron chi connectivity index (χ3n) is 4.71. The molecular formula is C25H30N2O6S. The van der Waals surface area contributed by atoms with E-state index in [9.17, 15) is 19.2 Å². The van der Waals surface area contributed by atoms with Crippen molar-refractivity contribution in [2.45, 2.75) is 32.6 Å². The number of carbonyl (C=O) groups is 4. The van der Waals surface area contributed by atoms with Crippen molar-refractivity contribution in [3.05, 3.63) is 53.6 Å². The Morgan fingerprint density at radius 1 is 1.00 bits per heavy atom. The van der Waals surface area contributed by atoms with E-state index in [4.69, 9.17) is 9.47 Å². The van der Waals surface area contributed by atoms with E-state index in [1.807, 2.05) is 13.0 Å². The first-order valence-electron chi connectivity index (χ1n) is 10.6. The number of methoxy groups -OCH3 is 1. The number of rotatable bonds is 10. The van der Waals surface area contributed by atoms with Crippen molar-refractivity contribution in [3.63, 3.8) is 0 Å². The fourth-order valence-corrected chi connectivity index (χ4v) is 3.54. The van der Waals surface area contributed by atoms with Gasteiger partial charge in [-0.15, -0.1) is 11.8 Å². The Balaban J connectivity index is 1.87. The maximum atomic E-state index is 12.5. The van der Waals surface area contributed by atoms with Crippen molar-refractivity contribution in [2.24, 2.45) is 5.41 Å². The van der Waals surface area contributed by atoms with Crippen LogP contribution in [-0.4, -0.2) is 49.6 Å². The molecule has 0 atom stereocenters. The molecule has 2 aromatic rings. The van der Waals surface area contributed by atoms with Gasteiger partial charge in [0.25, 0.3) is 0 Å². The number of ether oxygens (including phenoxy) is 2. The molecule has 0 aliphatic rings. The van der Waals surface area contributed by atoms with E-state index >= 15 is 0 Å². The van der Waals surface area contributed by atoms with E-state index in [1.54, 1.807) is 57.2 Å². The van der Waals surface area contributed by atoms with Crippen molar-refractivity contribution >= 4 is 41.0 Å². The summed E-state index contributed by atoms with van der Waals surface area (Å²) in [4.78, 5) is 49.5. The zero-order chi connectivity index (χ0) is 25.3. The highest BCUT2D eigenvalue weighted by Crippen LogP contribution is 2.25. The van der Waals surface area contributed by atoms with Crippen LogP contribution in [0.5, 0.6) is 5.75 Å². The summed E-state index contributed by atoms with van der Waals surface area (Å²) in [7, 11) is 1.51. The van der Waals surface area contributed by atoms with Crippen LogP contribution in [0.15, 0.2) is 47.4 Å². The number of benzene rings is 2. The quantitative estimate of drug-likeness (QED) is 0.390. The van der Waals surface area contributed by atoms with Crippen LogP contribution in [-0.2, 0) is 19.1 Å². The third-order valence-corrected chi connectivity index (χ3v) is 5.79. The molecule has 0 saturated heterocycles. The number of anilines is 1. The molecule has 9 heteroatoms. The minimum Gasteiger partial charge on any atom is -0.495 e. The van der Waals surface area contributed by atoms with Gasteiger partial charge in [-0.3, -0.25) is 14.4 Å². The largest absolute Gasteiger partial charge is 0.495 e. The number of thioether (sulfide) groups is 1. The Bertz CT molecular complexity index is 1060. The predicted molar refractivity (Wildman–Crippen MR) is 131 cm³/mol. The van der Waals surface area contributed by atoms with Gasteiger partial charge >= 0.3 is 5.97 Å². The number of Topliss-reactive ketones (excluding diaryl/α,β-unsaturated/α-hetero) is 1. The smallest absolute Gasteiger partial charge is 0.339 e. The van der Waals surface area contributed by atoms with Crippen LogP contribution in [0.4, 0.5) is 5.69 Å². The normalized spacial score (nSPS) is 10.9. The van der Waals surface area contributed by atoms with Gasteiger partial charge in [-0.25, -0.2) is 4.79 Å². The second kappa shape index (κ2) is 12.2. The average molecular weight is 487 g/mol. The molecule has 0 aromatic heterocycles. The van der Waals surface area contributed by atoms with Gasteiger partial charge < -0.3 is 20.1 Å². The number of ketones is 1. The fourth-order valence-electron chi connectivity index (χ4n) is 2.67. The van der Waals surface area contributed by atoms with Crippen LogP contribution in [0.2, 0.25) is 0 Å². The molecule has 0 unspecified atom stereocenters. The summed E-state index contributed by atoms with van der Waals surface area (Å²) >= 11 is 1.14. The first-order valence-corrected chi connectivity index (χ1v) is 11.6. The Hall–Kier alpha value is -3.33. The molecule has 0 heterocycles. The number of amides is 2. The van der Waals surface area contributed by atoms with Gasteiger partial charge in [0, 0.05) is 10.3 Å². The molecule has 2 N–H and O–H groups in total. The molecule has 34 heavy (non-hydrogen) atoms. The number of esters is 1. The van der Waals surface area contributed by atoms with Gasteiger partial charge in [0.1, 0.15) is 5.75 Å². The molecule has 2 aromatic carbocycles. The molecule has 0 aliphatic heterocycles. The number of aryl methyl sites for hydroxylation is 1. The lowest BCUT2D eigenvalue weighted by Crippen LogP contribution is -2.34. The molecule has 0 aliphatic carbocycles. The molecule has 2 amide bonds. The molecule has 2 rings (SSSR count). The van der Waals surface area contributed by atoms with Gasteiger partial charge in [0.2, 0.25) is 11.8 Å². The summed E-state index contributed by atoms with van der Waals surface area (Å²) in [6.07, 6.45) is 0. The number of hydrogen-bond acceptors (Lipinski definition) is 7. The molecule has 0 spiro atoms. The Morgan fingerprint density at radius 3 is 2.38 bits per heavy atom. The number of carbonyl (C=O) groups excluding carboxylic acids is 4. The summed E-state index contributed by atoms with van der Waals surface area (Å²) in [5.41, 5.74) is 1.14. The monoisotopic (exact) mass is 486 g/mol. The van der Waals surface area contributed by atoms with Crippen molar-refractivity contribution in [1.82, 2.24) is 5.32 Å². The lowest BCUT2D eigenvalue weighted by Gasteiger charge is -2.16. The first kappa shape index (κ1) is 26.9. The van der Waals surface area contributed by atoms with Crippen LogP contribution < -0.4 is 15.4 Å². The van der Waals surface area contributed by atoms with E-state index in [0.717, 1.165) is 17.3 Å². The maximum absolute atomic E-state index is 12.5. The molecule has 0 saturated carbocycles. The van der Waals surface area contributed by atoms with Crippen molar-refractivity contribution in [2.75, 3.05) is 31.3 Å². The minimum atomic E-state index is -0.632. The highest BCUT2D eigenvalue weighted by atomic mass is 32.2. The molecule has 8 nitrogen and oxygen atoms in total. The molecule has 0 radical (unpaired) electrons. The van der Waals surface area contributed by atoms with Crippen molar-refractivity contribution < 1.29 is 28.7 Å². The predicted octanol–water partition coefficient (Wildman–Crippen LogP) is 3.62. The fraction of sp³-hybridized carbons (Fsp3) is 0.360. The average Bonchev–Trinajstić information content (AvgIpc) is 2.79. The molecular weight excluding hydrogens is 456 g/mol. The lowest BCUT2D eigenvalue weighted by molar-refractivity contribution is -0.129. The SMILES string of the molecule is COc1ccc(C)cc1NC(=O)CNC(=O)CSc1ccccc1C(=O)OCC(=O)C(C)(C)C. The van der Waals surface area contributed by atoms with Gasteiger partial charge in [-0.05, 0) is 36.8 Å². The maximum Gasteiger partial charge on any atom is 0.339 e. The zero-order valence-electron chi connectivity index (χ0n) is 20.0. The lowest BCUT2D eigenvalue weighted by atomic mass is 9.91. The van der Waals surface area contributed by atoms with E-state index in [1.165, 1.54) is 7.11 Å². The molecule has 0 fully saturated rings. The zero-order valence-corrected chi connectivity index (χ0v) is 20.8. The summed E-state index contributed by atoms with van der Waals surface area (Å²) in [5.74, 6) is -1.07. The van der Waals surface area contributed by atoms with Crippen molar-refractivity contribution in [3.8, 4) is 5.75 Å². The Labute approximate surface area is 203 Å². The van der Waals surface area contributed by atoms with Gasteiger partial charge in [0.15, 0.2) is 12.4 Å². The van der Waals surface area contributed by atoms with Gasteiger partial charge in [-0.1, -0.05) is 39.0 Å². The van der Waals surface area contributed by atoms with E-state index < -0.39 is 17.3 Å². The summed E-state index contributed by atoms with van der Waals surface area (Å²) < 4.78 is 10.4. The summed E-state index contributed by atoms with van der Waals surface area (Å²) in [6.45, 7) is 6.62. The number of nitrogens with one attached hydrogen (secondary N) is 2. The van der Waals surface area contributed by atoms with E-state index in [2.05, 4.69) is 10.6 Å². The minimum absolute atomic E-state index is 0.00768. The van der Waals surface area contributed by atoms with Crippen LogP contribution in [0.3, 0.4) is 0 Å². The topological polar surface area (TPSA) is 111 Å². The first-order chi connectivity index (χ1) is 16.0. The van der Waals surface area contributed by atoms with Crippen LogP contribution >= 0.6 is 11.8 Å². The highest BCUT2D eigenvalue weighted by molar-refractivity contribution is 8.00. The second-order valence-electron chi connectivity index (χ2n) is 8.56. The Kier molecular flexibility index (Phi) is 9.68. The summed E-state index contributed by atoms with van der Waals surface area (Å²) in [5, 5.41) is 5.27. The van der Waals surface area contributed by atoms with Crippen LogP contribution in [0, 0.1) is 12.3 Å². The van der Waals surface area contributed by atoms with Crippen LogP contribution in [0.25, 0.3) is 0 Å². The summed E-state index contributed by atoms with van der Waals surface area (Å²) in [6, 6.07) is 12.1. The van der Waals surface area contributed by atoms with Gasteiger partial charge in [-0.2, -0.15) is 0 Å². The standard InChI is InChI=1S/C25H30N2O6S/c1-16-10-11-19(32-5)18(12-16)27-22(29)13-26-23(30)15-34-20-9-7-6-8-17(20)24(31)33-14-21(28)25(2,3)4/h6-12H,13-15H2,1-5H3,(H,26,30)(H,27,29). The number of hydrogen-bond donors (Lipinski definition) is 2. The van der Waals surface area contributed by atoms with Gasteiger partial charge in [0.05, 0.1) is 30.7 Å². The van der Waals surface area contributed by atoms with Crippen LogP contribution in [0.1, 0.15) is 36.7 Å². The highest BCUT2D eigenvalue weighted by Gasteiger charge is 2.23. The van der Waals surface area contributed by atoms with E-state index in [0.29, 0.717) is 16.3 Å². The Morgan fingerprint density at radius 2 is 1.71 bits per heavy atom. The second-order valence-corrected chi connectivity index (χ2v) is 9.58. The van der Waals surface area contributed by atoms with Crippen molar-refractivity contribution in [1.29, 1.82) is 0 Å². The molecule has 0 bridgehead atoms. The van der Waals surface area contributed by atoms with E-state index in [-0.39, 0.29) is 36.2 Å².